The molecule has 0 aromatic carbocycles. The van der Waals surface area contributed by atoms with E-state index in [1.54, 1.807) is 0 Å². The number of rotatable bonds is 1. The number of allylic oxidation sites excluding steroid dienone is 4. The van der Waals surface area contributed by atoms with Crippen molar-refractivity contribution in [2.24, 2.45) is 17.8 Å². The van der Waals surface area contributed by atoms with Crippen LogP contribution in [0.4, 0.5) is 0 Å². The summed E-state index contributed by atoms with van der Waals surface area (Å²) >= 11 is 0. The molecule has 0 spiro atoms. The highest BCUT2D eigenvalue weighted by molar-refractivity contribution is 6.07. The maximum Gasteiger partial charge on any atom is 0.308 e. The summed E-state index contributed by atoms with van der Waals surface area (Å²) in [5.41, 5.74) is 3.90. The average molecular weight is 395 g/mol. The third-order valence-corrected chi connectivity index (χ3v) is 6.96. The van der Waals surface area contributed by atoms with E-state index in [9.17, 15) is 14.4 Å². The highest BCUT2D eigenvalue weighted by Gasteiger charge is 2.48. The van der Waals surface area contributed by atoms with Gasteiger partial charge in [0.2, 0.25) is 5.91 Å². The third-order valence-electron chi connectivity index (χ3n) is 6.96. The van der Waals surface area contributed by atoms with Gasteiger partial charge in [0.05, 0.1) is 12.2 Å². The molecule has 6 rings (SSSR count). The smallest absolute Gasteiger partial charge is 0.308 e. The second-order valence-corrected chi connectivity index (χ2v) is 8.76. The summed E-state index contributed by atoms with van der Waals surface area (Å²) in [6, 6.07) is 0. The van der Waals surface area contributed by atoms with Crippen LogP contribution < -0.4 is 0 Å². The van der Waals surface area contributed by atoms with Crippen LogP contribution >= 0.6 is 0 Å². The summed E-state index contributed by atoms with van der Waals surface area (Å²) in [7, 11) is 0. The van der Waals surface area contributed by atoms with Crippen molar-refractivity contribution in [1.29, 1.82) is 0 Å². The van der Waals surface area contributed by atoms with Crippen LogP contribution in [-0.4, -0.2) is 42.3 Å². The highest BCUT2D eigenvalue weighted by Crippen LogP contribution is 2.52. The van der Waals surface area contributed by atoms with Gasteiger partial charge >= 0.3 is 5.97 Å². The molecule has 2 aliphatic carbocycles. The Morgan fingerprint density at radius 1 is 1.17 bits per heavy atom. The fourth-order valence-electron chi connectivity index (χ4n) is 5.52. The number of fused-ring (bicyclic) bond motifs is 2. The van der Waals surface area contributed by atoms with Crippen LogP contribution in [0.15, 0.2) is 46.0 Å². The van der Waals surface area contributed by atoms with E-state index in [0.717, 1.165) is 40.9 Å². The number of esters is 1. The number of piperidine rings is 1. The summed E-state index contributed by atoms with van der Waals surface area (Å²) < 4.78 is 11.6. The summed E-state index contributed by atoms with van der Waals surface area (Å²) in [6.07, 6.45) is 2.34. The van der Waals surface area contributed by atoms with Gasteiger partial charge in [0.25, 0.3) is 0 Å². The molecule has 4 aliphatic heterocycles. The fourth-order valence-corrected chi connectivity index (χ4v) is 5.52. The van der Waals surface area contributed by atoms with Gasteiger partial charge in [-0.05, 0) is 17.9 Å². The first-order valence-electron chi connectivity index (χ1n) is 10.4. The number of hydrogen-bond donors (Lipinski definition) is 0. The summed E-state index contributed by atoms with van der Waals surface area (Å²) in [5, 5.41) is 0. The fraction of sp³-hybridized carbons (Fsp3) is 0.522. The first-order chi connectivity index (χ1) is 13.9. The number of ketones is 1. The molecule has 0 unspecified atom stereocenters. The molecule has 6 aliphatic rings. The molecule has 3 atom stereocenters. The van der Waals surface area contributed by atoms with Crippen molar-refractivity contribution >= 4 is 17.7 Å². The van der Waals surface area contributed by atoms with Gasteiger partial charge in [-0.15, -0.1) is 0 Å². The van der Waals surface area contributed by atoms with E-state index < -0.39 is 11.9 Å². The van der Waals surface area contributed by atoms with Crippen molar-refractivity contribution in [2.75, 3.05) is 19.7 Å². The Hall–Kier alpha value is -2.63. The highest BCUT2D eigenvalue weighted by atomic mass is 16.5. The second kappa shape index (κ2) is 6.44. The van der Waals surface area contributed by atoms with Gasteiger partial charge in [0.1, 0.15) is 11.5 Å². The lowest BCUT2D eigenvalue weighted by atomic mass is 9.76. The number of carbonyl (C=O) groups excluding carboxylic acids is 3. The van der Waals surface area contributed by atoms with Crippen molar-refractivity contribution < 1.29 is 23.9 Å². The molecule has 0 N–H and O–H groups in total. The molecular formula is C23H25NO5. The van der Waals surface area contributed by atoms with Crippen molar-refractivity contribution in [2.45, 2.75) is 39.5 Å². The average Bonchev–Trinajstić information content (AvgIpc) is 2.93. The van der Waals surface area contributed by atoms with Gasteiger partial charge in [-0.2, -0.15) is 0 Å². The van der Waals surface area contributed by atoms with Crippen LogP contribution in [0.25, 0.3) is 0 Å². The predicted octanol–water partition coefficient (Wildman–Crippen LogP) is 2.82. The van der Waals surface area contributed by atoms with E-state index in [1.807, 2.05) is 11.8 Å². The maximum atomic E-state index is 13.8. The Bertz CT molecular complexity index is 966. The van der Waals surface area contributed by atoms with E-state index in [2.05, 4.69) is 6.58 Å². The second-order valence-electron chi connectivity index (χ2n) is 8.76. The number of nitrogens with zero attached hydrogens (tertiary/aromatic N) is 1. The van der Waals surface area contributed by atoms with Crippen LogP contribution in [0.1, 0.15) is 39.5 Å². The zero-order valence-electron chi connectivity index (χ0n) is 16.9. The van der Waals surface area contributed by atoms with Crippen molar-refractivity contribution in [3.63, 3.8) is 0 Å². The van der Waals surface area contributed by atoms with E-state index in [-0.39, 0.29) is 29.9 Å². The van der Waals surface area contributed by atoms with Crippen LogP contribution in [0.5, 0.6) is 0 Å². The van der Waals surface area contributed by atoms with Crippen molar-refractivity contribution in [3.8, 4) is 0 Å². The Kier molecular flexibility index (Phi) is 4.09. The van der Waals surface area contributed by atoms with E-state index in [0.29, 0.717) is 37.4 Å². The predicted molar refractivity (Wildman–Crippen MR) is 104 cm³/mol. The largest absolute Gasteiger partial charge is 0.497 e. The third kappa shape index (κ3) is 2.65. The quantitative estimate of drug-likeness (QED) is 0.639. The normalized spacial score (nSPS) is 31.3. The molecule has 6 nitrogen and oxygen atoms in total. The molecule has 0 aromatic heterocycles. The molecule has 0 aromatic rings. The Morgan fingerprint density at radius 2 is 1.97 bits per heavy atom. The lowest BCUT2D eigenvalue weighted by Crippen LogP contribution is -2.48. The van der Waals surface area contributed by atoms with Crippen LogP contribution in [0.2, 0.25) is 0 Å². The minimum atomic E-state index is -0.447. The van der Waals surface area contributed by atoms with E-state index in [1.165, 1.54) is 6.92 Å². The van der Waals surface area contributed by atoms with Crippen LogP contribution in [0, 0.1) is 17.8 Å². The standard InChI is InChI=1S/C23H25NO5/c1-11-9-24-10-14-4-5-17-20-15(6-7-28-17)23(29-13(3)25)21(19(20)12(14)2)22(27)16(11)8-18(24)26/h11,14,16H,2,4-10H2,1,3H3/t11-,14-,16-/m1/s1. The first kappa shape index (κ1) is 18.4. The number of Topliss-reactive ketones (excluding diaryl/α,β-unsaturated/α-hetero) is 1. The van der Waals surface area contributed by atoms with E-state index >= 15 is 0 Å². The van der Waals surface area contributed by atoms with Gasteiger partial charge in [-0.25, -0.2) is 0 Å². The molecule has 1 fully saturated rings. The number of carbonyl (C=O) groups is 3. The number of amides is 1. The van der Waals surface area contributed by atoms with Gasteiger partial charge in [-0.1, -0.05) is 13.5 Å². The zero-order chi connectivity index (χ0) is 20.4. The van der Waals surface area contributed by atoms with Crippen molar-refractivity contribution in [3.05, 3.63) is 46.0 Å². The van der Waals surface area contributed by atoms with Crippen LogP contribution in [0.3, 0.4) is 0 Å². The van der Waals surface area contributed by atoms with Crippen molar-refractivity contribution in [1.82, 2.24) is 4.90 Å². The molecule has 4 heterocycles. The first-order valence-corrected chi connectivity index (χ1v) is 10.4. The SMILES string of the molecule is C=C1C2=C3C(=O)[C@@H]4CC(=O)N(C[C@H]1CCC1=C2C(=C3OC(C)=O)CCO1)C[C@H]4C. The molecular weight excluding hydrogens is 370 g/mol. The van der Waals surface area contributed by atoms with E-state index in [4.69, 9.17) is 9.47 Å². The van der Waals surface area contributed by atoms with Crippen LogP contribution in [-0.2, 0) is 23.9 Å². The summed E-state index contributed by atoms with van der Waals surface area (Å²) in [4.78, 5) is 40.4. The molecule has 6 heteroatoms. The number of ether oxygens (including phenoxy) is 2. The lowest BCUT2D eigenvalue weighted by molar-refractivity contribution is -0.142. The Labute approximate surface area is 169 Å². The molecule has 29 heavy (non-hydrogen) atoms. The maximum absolute atomic E-state index is 13.8. The molecule has 1 amide bonds. The molecule has 152 valence electrons. The Balaban J connectivity index is 1.78. The number of hydrogen-bond acceptors (Lipinski definition) is 5. The summed E-state index contributed by atoms with van der Waals surface area (Å²) in [6.45, 7) is 9.45. The lowest BCUT2D eigenvalue weighted by Gasteiger charge is -2.39. The van der Waals surface area contributed by atoms with Gasteiger partial charge in [-0.3, -0.25) is 14.4 Å². The van der Waals surface area contributed by atoms with Gasteiger partial charge in [0.15, 0.2) is 5.78 Å². The van der Waals surface area contributed by atoms with Gasteiger partial charge < -0.3 is 14.4 Å². The molecule has 0 radical (unpaired) electrons. The molecule has 1 saturated heterocycles. The monoisotopic (exact) mass is 395 g/mol. The minimum absolute atomic E-state index is 0.0236. The topological polar surface area (TPSA) is 72.9 Å². The van der Waals surface area contributed by atoms with Gasteiger partial charge in [0, 0.05) is 67.8 Å². The molecule has 4 bridgehead atoms. The molecule has 0 saturated carbocycles. The summed E-state index contributed by atoms with van der Waals surface area (Å²) in [5.74, 6) is 0.394. The minimum Gasteiger partial charge on any atom is -0.497 e. The Morgan fingerprint density at radius 3 is 2.72 bits per heavy atom. The zero-order valence-corrected chi connectivity index (χ0v) is 16.9.